The molecule has 0 aliphatic heterocycles. The Labute approximate surface area is 143 Å². The minimum atomic E-state index is -3.23. The van der Waals surface area contributed by atoms with E-state index >= 15 is 0 Å². The predicted molar refractivity (Wildman–Crippen MR) is 92.1 cm³/mol. The molecule has 6 nitrogen and oxygen atoms in total. The quantitative estimate of drug-likeness (QED) is 0.771. The summed E-state index contributed by atoms with van der Waals surface area (Å²) in [4.78, 5) is 8.61. The minimum absolute atomic E-state index is 0.241. The van der Waals surface area contributed by atoms with Crippen LogP contribution in [0.3, 0.4) is 0 Å². The van der Waals surface area contributed by atoms with Crippen molar-refractivity contribution in [3.63, 3.8) is 0 Å². The number of nitriles is 1. The molecule has 3 aromatic rings. The molecule has 0 saturated carbocycles. The first kappa shape index (κ1) is 16.2. The zero-order valence-electron chi connectivity index (χ0n) is 12.5. The predicted octanol–water partition coefficient (Wildman–Crippen LogP) is 3.30. The van der Waals surface area contributed by atoms with E-state index in [2.05, 4.69) is 15.3 Å². The van der Waals surface area contributed by atoms with Crippen molar-refractivity contribution in [2.75, 3.05) is 11.6 Å². The summed E-state index contributed by atoms with van der Waals surface area (Å²) in [5.74, 6) is 0.508. The van der Waals surface area contributed by atoms with E-state index in [1.165, 1.54) is 18.3 Å². The second-order valence-corrected chi connectivity index (χ2v) is 7.50. The summed E-state index contributed by atoms with van der Waals surface area (Å²) in [5.41, 5.74) is 1.55. The number of benzene rings is 1. The van der Waals surface area contributed by atoms with Crippen molar-refractivity contribution in [3.8, 4) is 6.07 Å². The molecule has 1 N–H and O–H groups in total. The van der Waals surface area contributed by atoms with E-state index in [9.17, 15) is 8.42 Å². The maximum atomic E-state index is 11.5. The molecule has 2 heterocycles. The summed E-state index contributed by atoms with van der Waals surface area (Å²) in [6.07, 6.45) is 4.11. The normalized spacial score (nSPS) is 11.2. The Morgan fingerprint density at radius 1 is 1.17 bits per heavy atom. The summed E-state index contributed by atoms with van der Waals surface area (Å²) in [7, 11) is -3.23. The fourth-order valence-corrected chi connectivity index (χ4v) is 3.02. The fourth-order valence-electron chi connectivity index (χ4n) is 2.14. The third-order valence-corrected chi connectivity index (χ3v) is 4.90. The molecule has 1 aromatic carbocycles. The van der Waals surface area contributed by atoms with E-state index in [4.69, 9.17) is 16.9 Å². The van der Waals surface area contributed by atoms with Gasteiger partial charge in [-0.3, -0.25) is 4.98 Å². The Balaban J connectivity index is 1.96. The van der Waals surface area contributed by atoms with Crippen LogP contribution in [0.4, 0.5) is 11.5 Å². The number of hydrogen-bond donors (Lipinski definition) is 1. The second-order valence-electron chi connectivity index (χ2n) is 5.11. The molecule has 0 saturated heterocycles. The Hall–Kier alpha value is -2.69. The van der Waals surface area contributed by atoms with Crippen LogP contribution in [0.1, 0.15) is 5.56 Å². The summed E-state index contributed by atoms with van der Waals surface area (Å²) in [5, 5.41) is 13.0. The number of halogens is 1. The summed E-state index contributed by atoms with van der Waals surface area (Å²) < 4.78 is 22.9. The Morgan fingerprint density at radius 2 is 1.88 bits per heavy atom. The van der Waals surface area contributed by atoms with Crippen molar-refractivity contribution in [3.05, 3.63) is 53.3 Å². The fraction of sp³-hybridized carbons (Fsp3) is 0.0625. The lowest BCUT2D eigenvalue weighted by Crippen LogP contribution is -1.98. The van der Waals surface area contributed by atoms with E-state index < -0.39 is 9.84 Å². The maximum absolute atomic E-state index is 11.5. The topological polar surface area (TPSA) is 95.7 Å². The SMILES string of the molecule is CS(=O)(=O)c1ccc(Nc2cc3c(Cl)c(C#N)cnc3cn2)cc1. The van der Waals surface area contributed by atoms with Crippen LogP contribution in [0.15, 0.2) is 47.6 Å². The van der Waals surface area contributed by atoms with Crippen LogP contribution in [-0.4, -0.2) is 24.6 Å². The van der Waals surface area contributed by atoms with Crippen molar-refractivity contribution in [1.82, 2.24) is 9.97 Å². The van der Waals surface area contributed by atoms with Crippen molar-refractivity contribution >= 4 is 43.8 Å². The van der Waals surface area contributed by atoms with Gasteiger partial charge < -0.3 is 5.32 Å². The number of aromatic nitrogens is 2. The molecular weight excluding hydrogens is 348 g/mol. The number of anilines is 2. The molecule has 0 bridgehead atoms. The minimum Gasteiger partial charge on any atom is -0.340 e. The van der Waals surface area contributed by atoms with Crippen LogP contribution in [0.2, 0.25) is 5.02 Å². The first-order valence-corrected chi connectivity index (χ1v) is 9.07. The first-order valence-electron chi connectivity index (χ1n) is 6.80. The van der Waals surface area contributed by atoms with Crippen LogP contribution in [-0.2, 0) is 9.84 Å². The highest BCUT2D eigenvalue weighted by atomic mass is 35.5. The number of hydrogen-bond acceptors (Lipinski definition) is 6. The number of rotatable bonds is 3. The molecule has 0 atom stereocenters. The molecule has 24 heavy (non-hydrogen) atoms. The van der Waals surface area contributed by atoms with Gasteiger partial charge in [-0.15, -0.1) is 0 Å². The van der Waals surface area contributed by atoms with Gasteiger partial charge >= 0.3 is 0 Å². The Bertz CT molecular complexity index is 1070. The molecule has 0 amide bonds. The molecule has 0 fully saturated rings. The van der Waals surface area contributed by atoms with Gasteiger partial charge in [0.05, 0.1) is 27.2 Å². The van der Waals surface area contributed by atoms with E-state index in [0.29, 0.717) is 33.0 Å². The van der Waals surface area contributed by atoms with Crippen molar-refractivity contribution < 1.29 is 8.42 Å². The lowest BCUT2D eigenvalue weighted by atomic mass is 10.2. The van der Waals surface area contributed by atoms with E-state index in [0.717, 1.165) is 6.26 Å². The summed E-state index contributed by atoms with van der Waals surface area (Å²) >= 11 is 6.20. The van der Waals surface area contributed by atoms with Crippen LogP contribution < -0.4 is 5.32 Å². The maximum Gasteiger partial charge on any atom is 0.175 e. The van der Waals surface area contributed by atoms with Gasteiger partial charge in [-0.1, -0.05) is 11.6 Å². The highest BCUT2D eigenvalue weighted by Crippen LogP contribution is 2.27. The number of pyridine rings is 2. The van der Waals surface area contributed by atoms with Crippen LogP contribution in [0, 0.1) is 11.3 Å². The molecular formula is C16H11ClN4O2S. The Kier molecular flexibility index (Phi) is 4.09. The van der Waals surface area contributed by atoms with Gasteiger partial charge in [-0.05, 0) is 30.3 Å². The molecule has 0 radical (unpaired) electrons. The van der Waals surface area contributed by atoms with Gasteiger partial charge in [0.1, 0.15) is 11.9 Å². The van der Waals surface area contributed by atoms with Crippen molar-refractivity contribution in [2.24, 2.45) is 0 Å². The Morgan fingerprint density at radius 3 is 2.50 bits per heavy atom. The van der Waals surface area contributed by atoms with Gasteiger partial charge in [0.25, 0.3) is 0 Å². The molecule has 0 aliphatic rings. The second kappa shape index (κ2) is 6.07. The van der Waals surface area contributed by atoms with Crippen molar-refractivity contribution in [1.29, 1.82) is 5.26 Å². The number of nitrogens with one attached hydrogen (secondary N) is 1. The molecule has 0 unspecified atom stereocenters. The van der Waals surface area contributed by atoms with E-state index in [1.54, 1.807) is 24.4 Å². The van der Waals surface area contributed by atoms with E-state index in [1.807, 2.05) is 6.07 Å². The highest BCUT2D eigenvalue weighted by Gasteiger charge is 2.09. The third-order valence-electron chi connectivity index (χ3n) is 3.36. The molecule has 3 rings (SSSR count). The number of fused-ring (bicyclic) bond motifs is 1. The van der Waals surface area contributed by atoms with Gasteiger partial charge in [0, 0.05) is 23.5 Å². The van der Waals surface area contributed by atoms with Crippen LogP contribution in [0.25, 0.3) is 10.9 Å². The lowest BCUT2D eigenvalue weighted by molar-refractivity contribution is 0.602. The molecule has 120 valence electrons. The van der Waals surface area contributed by atoms with Gasteiger partial charge in [-0.25, -0.2) is 13.4 Å². The average Bonchev–Trinajstić information content (AvgIpc) is 2.55. The van der Waals surface area contributed by atoms with E-state index in [-0.39, 0.29) is 4.90 Å². The average molecular weight is 359 g/mol. The largest absolute Gasteiger partial charge is 0.340 e. The number of nitrogens with zero attached hydrogens (tertiary/aromatic N) is 3. The first-order chi connectivity index (χ1) is 11.4. The molecule has 8 heteroatoms. The standard InChI is InChI=1S/C16H11ClN4O2S/c1-24(22,23)12-4-2-11(3-5-12)21-15-6-13-14(9-20-15)19-8-10(7-18)16(13)17/h2-6,8-9H,1H3,(H,20,21). The molecule has 0 spiro atoms. The smallest absolute Gasteiger partial charge is 0.175 e. The molecule has 0 aliphatic carbocycles. The zero-order valence-corrected chi connectivity index (χ0v) is 14.1. The van der Waals surface area contributed by atoms with Gasteiger partial charge in [0.15, 0.2) is 9.84 Å². The molecule has 2 aromatic heterocycles. The summed E-state index contributed by atoms with van der Waals surface area (Å²) in [6, 6.07) is 10.00. The van der Waals surface area contributed by atoms with Gasteiger partial charge in [-0.2, -0.15) is 5.26 Å². The number of sulfone groups is 1. The van der Waals surface area contributed by atoms with Crippen LogP contribution >= 0.6 is 11.6 Å². The lowest BCUT2D eigenvalue weighted by Gasteiger charge is -2.08. The summed E-state index contributed by atoms with van der Waals surface area (Å²) in [6.45, 7) is 0. The highest BCUT2D eigenvalue weighted by molar-refractivity contribution is 7.90. The third kappa shape index (κ3) is 3.15. The van der Waals surface area contributed by atoms with Crippen molar-refractivity contribution in [2.45, 2.75) is 4.90 Å². The zero-order chi connectivity index (χ0) is 17.3. The van der Waals surface area contributed by atoms with Crippen LogP contribution in [0.5, 0.6) is 0 Å². The van der Waals surface area contributed by atoms with Gasteiger partial charge in [0.2, 0.25) is 0 Å². The monoisotopic (exact) mass is 358 g/mol.